The molecule has 0 atom stereocenters. The molecule has 118 valence electrons. The highest BCUT2D eigenvalue weighted by Crippen LogP contribution is 2.34. The molecule has 0 aliphatic carbocycles. The summed E-state index contributed by atoms with van der Waals surface area (Å²) >= 11 is 3.58. The third-order valence-corrected chi connectivity index (χ3v) is 5.20. The van der Waals surface area contributed by atoms with Crippen LogP contribution in [0.5, 0.6) is 5.88 Å². The first-order valence-electron chi connectivity index (χ1n) is 7.04. The van der Waals surface area contributed by atoms with Crippen molar-refractivity contribution < 1.29 is 9.53 Å². The molecule has 1 N–H and O–H groups in total. The van der Waals surface area contributed by atoms with Gasteiger partial charge in [0.15, 0.2) is 0 Å². The van der Waals surface area contributed by atoms with Crippen LogP contribution >= 0.6 is 33.9 Å². The molecule has 1 aromatic carbocycles. The van der Waals surface area contributed by atoms with Crippen molar-refractivity contribution in [1.29, 1.82) is 0 Å². The second-order valence-electron chi connectivity index (χ2n) is 4.81. The Hall–Kier alpha value is -1.74. The molecule has 23 heavy (non-hydrogen) atoms. The number of hydrogen-bond acceptors (Lipinski definition) is 5. The van der Waals surface area contributed by atoms with E-state index in [1.54, 1.807) is 0 Å². The topological polar surface area (TPSA) is 64.1 Å². The van der Waals surface area contributed by atoms with Crippen molar-refractivity contribution in [2.75, 3.05) is 11.9 Å². The van der Waals surface area contributed by atoms with Crippen molar-refractivity contribution in [1.82, 2.24) is 9.97 Å². The van der Waals surface area contributed by atoms with Crippen LogP contribution in [-0.2, 0) is 0 Å². The minimum Gasteiger partial charge on any atom is -0.477 e. The molecule has 0 aliphatic rings. The first-order chi connectivity index (χ1) is 11.1. The van der Waals surface area contributed by atoms with Gasteiger partial charge in [-0.3, -0.25) is 4.79 Å². The van der Waals surface area contributed by atoms with Gasteiger partial charge in [-0.05, 0) is 66.3 Å². The fraction of sp³-hybridized carbons (Fsp3) is 0.188. The van der Waals surface area contributed by atoms with Crippen molar-refractivity contribution in [3.8, 4) is 5.88 Å². The molecule has 5 nitrogen and oxygen atoms in total. The maximum absolute atomic E-state index is 12.6. The molecular weight excluding hydrogens is 425 g/mol. The molecule has 0 fully saturated rings. The summed E-state index contributed by atoms with van der Waals surface area (Å²) in [7, 11) is 0. The summed E-state index contributed by atoms with van der Waals surface area (Å²) in [5.74, 6) is 0.383. The number of carbonyl (C=O) groups excluding carboxylic acids is 1. The van der Waals surface area contributed by atoms with E-state index in [2.05, 4.69) is 37.9 Å². The number of thiophene rings is 1. The van der Waals surface area contributed by atoms with Crippen LogP contribution in [0.1, 0.15) is 22.2 Å². The second-order valence-corrected chi connectivity index (χ2v) is 7.05. The Morgan fingerprint density at radius 2 is 2.04 bits per heavy atom. The smallest absolute Gasteiger partial charge is 0.266 e. The molecule has 2 aromatic heterocycles. The van der Waals surface area contributed by atoms with Gasteiger partial charge in [-0.25, -0.2) is 9.97 Å². The molecule has 0 saturated carbocycles. The van der Waals surface area contributed by atoms with Crippen LogP contribution < -0.4 is 10.1 Å². The number of ether oxygens (including phenoxy) is 1. The first kappa shape index (κ1) is 16.1. The van der Waals surface area contributed by atoms with Gasteiger partial charge in [0.25, 0.3) is 5.91 Å². The third-order valence-electron chi connectivity index (χ3n) is 3.28. The van der Waals surface area contributed by atoms with Gasteiger partial charge in [0.1, 0.15) is 11.2 Å². The van der Waals surface area contributed by atoms with Crippen molar-refractivity contribution in [3.05, 3.63) is 44.6 Å². The number of fused-ring (bicyclic) bond motifs is 1. The zero-order chi connectivity index (χ0) is 16.4. The van der Waals surface area contributed by atoms with E-state index < -0.39 is 0 Å². The Balaban J connectivity index is 1.96. The molecule has 0 unspecified atom stereocenters. The molecule has 0 aliphatic heterocycles. The van der Waals surface area contributed by atoms with Gasteiger partial charge in [-0.2, -0.15) is 0 Å². The number of aromatic nitrogens is 2. The predicted molar refractivity (Wildman–Crippen MR) is 100 cm³/mol. The fourth-order valence-corrected chi connectivity index (χ4v) is 3.62. The van der Waals surface area contributed by atoms with E-state index in [1.807, 2.05) is 38.1 Å². The van der Waals surface area contributed by atoms with Crippen molar-refractivity contribution in [2.45, 2.75) is 13.8 Å². The van der Waals surface area contributed by atoms with Crippen LogP contribution in [0, 0.1) is 10.5 Å². The van der Waals surface area contributed by atoms with Crippen LogP contribution in [0.3, 0.4) is 0 Å². The van der Waals surface area contributed by atoms with Gasteiger partial charge < -0.3 is 10.1 Å². The van der Waals surface area contributed by atoms with Crippen LogP contribution in [0.2, 0.25) is 0 Å². The van der Waals surface area contributed by atoms with Gasteiger partial charge in [0, 0.05) is 9.26 Å². The molecule has 3 rings (SSSR count). The number of amides is 1. The van der Waals surface area contributed by atoms with Crippen LogP contribution in [0.15, 0.2) is 30.6 Å². The summed E-state index contributed by atoms with van der Waals surface area (Å²) in [5, 5.41) is 3.73. The Kier molecular flexibility index (Phi) is 4.76. The number of hydrogen-bond donors (Lipinski definition) is 1. The number of aryl methyl sites for hydroxylation is 1. The van der Waals surface area contributed by atoms with Crippen LogP contribution in [0.25, 0.3) is 10.2 Å². The largest absolute Gasteiger partial charge is 0.477 e. The SMILES string of the molecule is CCOc1ncnc2sc(C(=O)Nc3ccc(I)cc3)c(C)c12. The maximum atomic E-state index is 12.6. The lowest BCUT2D eigenvalue weighted by Gasteiger charge is -2.05. The minimum absolute atomic E-state index is 0.144. The van der Waals surface area contributed by atoms with Gasteiger partial charge in [0.2, 0.25) is 5.88 Å². The lowest BCUT2D eigenvalue weighted by molar-refractivity contribution is 0.103. The number of benzene rings is 1. The van der Waals surface area contributed by atoms with Gasteiger partial charge in [-0.15, -0.1) is 11.3 Å². The van der Waals surface area contributed by atoms with E-state index >= 15 is 0 Å². The normalized spacial score (nSPS) is 10.7. The summed E-state index contributed by atoms with van der Waals surface area (Å²) in [6.07, 6.45) is 1.46. The number of nitrogens with zero attached hydrogens (tertiary/aromatic N) is 2. The molecule has 1 amide bonds. The maximum Gasteiger partial charge on any atom is 0.266 e. The zero-order valence-electron chi connectivity index (χ0n) is 12.6. The highest BCUT2D eigenvalue weighted by Gasteiger charge is 2.20. The number of rotatable bonds is 4. The number of nitrogens with one attached hydrogen (secondary N) is 1. The molecule has 3 aromatic rings. The van der Waals surface area contributed by atoms with E-state index in [-0.39, 0.29) is 5.91 Å². The molecule has 0 bridgehead atoms. The number of anilines is 1. The Morgan fingerprint density at radius 1 is 1.30 bits per heavy atom. The molecule has 2 heterocycles. The summed E-state index contributed by atoms with van der Waals surface area (Å²) in [5.41, 5.74) is 1.61. The molecule has 0 spiro atoms. The quantitative estimate of drug-likeness (QED) is 0.618. The fourth-order valence-electron chi connectivity index (χ4n) is 2.22. The first-order valence-corrected chi connectivity index (χ1v) is 8.93. The Bertz CT molecular complexity index is 862. The Labute approximate surface area is 151 Å². The van der Waals surface area contributed by atoms with Crippen molar-refractivity contribution >= 4 is 55.7 Å². The summed E-state index contributed by atoms with van der Waals surface area (Å²) in [4.78, 5) is 22.4. The van der Waals surface area contributed by atoms with E-state index in [1.165, 1.54) is 17.7 Å². The van der Waals surface area contributed by atoms with Gasteiger partial charge in [0.05, 0.1) is 16.9 Å². The predicted octanol–water partition coefficient (Wildman–Crippen LogP) is 4.26. The average molecular weight is 439 g/mol. The lowest BCUT2D eigenvalue weighted by Crippen LogP contribution is -2.11. The van der Waals surface area contributed by atoms with Crippen LogP contribution in [0.4, 0.5) is 5.69 Å². The standard InChI is InChI=1S/C16H14IN3O2S/c1-3-22-15-12-9(2)13(23-16(12)19-8-18-15)14(21)20-11-6-4-10(17)5-7-11/h4-8H,3H2,1-2H3,(H,20,21). The van der Waals surface area contributed by atoms with E-state index in [0.29, 0.717) is 17.4 Å². The van der Waals surface area contributed by atoms with Crippen molar-refractivity contribution in [2.24, 2.45) is 0 Å². The molecular formula is C16H14IN3O2S. The molecule has 0 radical (unpaired) electrons. The second kappa shape index (κ2) is 6.79. The minimum atomic E-state index is -0.144. The number of carbonyl (C=O) groups is 1. The molecule has 0 saturated heterocycles. The van der Waals surface area contributed by atoms with Gasteiger partial charge >= 0.3 is 0 Å². The summed E-state index contributed by atoms with van der Waals surface area (Å²) < 4.78 is 6.67. The monoisotopic (exact) mass is 439 g/mol. The Morgan fingerprint density at radius 3 is 2.74 bits per heavy atom. The highest BCUT2D eigenvalue weighted by atomic mass is 127. The van der Waals surface area contributed by atoms with Crippen molar-refractivity contribution in [3.63, 3.8) is 0 Å². The summed E-state index contributed by atoms with van der Waals surface area (Å²) in [6, 6.07) is 7.67. The summed E-state index contributed by atoms with van der Waals surface area (Å²) in [6.45, 7) is 4.32. The van der Waals surface area contributed by atoms with E-state index in [9.17, 15) is 4.79 Å². The zero-order valence-corrected chi connectivity index (χ0v) is 15.6. The van der Waals surface area contributed by atoms with E-state index in [4.69, 9.17) is 4.74 Å². The van der Waals surface area contributed by atoms with Crippen LogP contribution in [-0.4, -0.2) is 22.5 Å². The number of halogens is 1. The van der Waals surface area contributed by atoms with E-state index in [0.717, 1.165) is 25.0 Å². The molecule has 7 heteroatoms. The average Bonchev–Trinajstić information content (AvgIpc) is 2.88. The third kappa shape index (κ3) is 3.30. The highest BCUT2D eigenvalue weighted by molar-refractivity contribution is 14.1. The van der Waals surface area contributed by atoms with Gasteiger partial charge in [-0.1, -0.05) is 0 Å². The lowest BCUT2D eigenvalue weighted by atomic mass is 10.2.